The standard InChI is InChI=1S/C23H26ClFN4O3S/c1-12-7-8-18(25)20(14(12)3)15(4)21(23-27-26-16(5)32-23)29-11-28(6)19-10-17(24)9-13(2)22(19)33(29,30)31/h7-10,15,21,26H,5,11H2,1-4,6H3. The van der Waals surface area contributed by atoms with Crippen molar-refractivity contribution in [1.82, 2.24) is 9.73 Å². The third-order valence-corrected chi connectivity index (χ3v) is 8.52. The first-order valence-electron chi connectivity index (χ1n) is 10.4. The number of ether oxygens (including phenoxy) is 1. The Bertz CT molecular complexity index is 1300. The molecular formula is C23H26ClFN4O3S. The van der Waals surface area contributed by atoms with E-state index in [0.717, 1.165) is 11.1 Å². The van der Waals surface area contributed by atoms with Crippen molar-refractivity contribution in [3.05, 3.63) is 69.8 Å². The van der Waals surface area contributed by atoms with E-state index in [1.165, 1.54) is 10.4 Å². The van der Waals surface area contributed by atoms with Crippen LogP contribution >= 0.6 is 11.6 Å². The Morgan fingerprint density at radius 2 is 1.94 bits per heavy atom. The van der Waals surface area contributed by atoms with E-state index in [1.807, 2.05) is 13.8 Å². The molecule has 2 aromatic rings. The Balaban J connectivity index is 1.91. The van der Waals surface area contributed by atoms with Crippen molar-refractivity contribution >= 4 is 33.2 Å². The molecule has 10 heteroatoms. The van der Waals surface area contributed by atoms with Gasteiger partial charge in [-0.25, -0.2) is 18.2 Å². The van der Waals surface area contributed by atoms with Gasteiger partial charge in [-0.3, -0.25) is 0 Å². The summed E-state index contributed by atoms with van der Waals surface area (Å²) in [6, 6.07) is 5.43. The highest BCUT2D eigenvalue weighted by Gasteiger charge is 2.46. The van der Waals surface area contributed by atoms with Gasteiger partial charge < -0.3 is 9.64 Å². The molecule has 0 amide bonds. The van der Waals surface area contributed by atoms with Crippen molar-refractivity contribution in [3.8, 4) is 0 Å². The van der Waals surface area contributed by atoms with Crippen LogP contribution in [0.25, 0.3) is 0 Å². The SMILES string of the molecule is C=C1NN=C(C(C(C)c2c(F)ccc(C)c2C)N2CN(C)c3cc(Cl)cc(C)c3S2(=O)=O)O1. The number of sulfonamides is 1. The number of aryl methyl sites for hydroxylation is 2. The Hall–Kier alpha value is -2.62. The molecule has 2 aromatic carbocycles. The van der Waals surface area contributed by atoms with E-state index in [9.17, 15) is 8.42 Å². The average Bonchev–Trinajstić information content (AvgIpc) is 3.14. The average molecular weight is 493 g/mol. The zero-order valence-corrected chi connectivity index (χ0v) is 20.7. The Labute approximate surface area is 198 Å². The first-order valence-corrected chi connectivity index (χ1v) is 12.2. The molecule has 0 aromatic heterocycles. The van der Waals surface area contributed by atoms with E-state index in [4.69, 9.17) is 16.3 Å². The zero-order chi connectivity index (χ0) is 24.2. The van der Waals surface area contributed by atoms with Gasteiger partial charge >= 0.3 is 0 Å². The lowest BCUT2D eigenvalue weighted by Crippen LogP contribution is -2.54. The first-order chi connectivity index (χ1) is 15.4. The second-order valence-electron chi connectivity index (χ2n) is 8.53. The van der Waals surface area contributed by atoms with Crippen molar-refractivity contribution < 1.29 is 17.5 Å². The highest BCUT2D eigenvalue weighted by molar-refractivity contribution is 7.89. The lowest BCUT2D eigenvalue weighted by molar-refractivity contribution is 0.294. The second kappa shape index (κ2) is 8.30. The number of nitrogens with one attached hydrogen (secondary N) is 1. The Kier molecular flexibility index (Phi) is 5.92. The summed E-state index contributed by atoms with van der Waals surface area (Å²) in [6.07, 6.45) is 0. The number of benzene rings is 2. The molecule has 0 fully saturated rings. The van der Waals surface area contributed by atoms with Crippen molar-refractivity contribution in [2.45, 2.75) is 44.6 Å². The smallest absolute Gasteiger partial charge is 0.247 e. The van der Waals surface area contributed by atoms with Crippen LogP contribution in [0.15, 0.2) is 46.7 Å². The van der Waals surface area contributed by atoms with Crippen LogP contribution in [-0.2, 0) is 14.8 Å². The van der Waals surface area contributed by atoms with Gasteiger partial charge in [0.1, 0.15) is 16.8 Å². The highest BCUT2D eigenvalue weighted by atomic mass is 35.5. The molecule has 2 aliphatic heterocycles. The number of hydrogen-bond acceptors (Lipinski definition) is 6. The summed E-state index contributed by atoms with van der Waals surface area (Å²) in [7, 11) is -2.23. The molecule has 2 atom stereocenters. The molecule has 0 radical (unpaired) electrons. The number of anilines is 1. The third kappa shape index (κ3) is 3.88. The topological polar surface area (TPSA) is 74.2 Å². The zero-order valence-electron chi connectivity index (χ0n) is 19.1. The van der Waals surface area contributed by atoms with Crippen LogP contribution in [0.5, 0.6) is 0 Å². The molecular weight excluding hydrogens is 467 g/mol. The monoisotopic (exact) mass is 492 g/mol. The highest BCUT2D eigenvalue weighted by Crippen LogP contribution is 2.41. The minimum atomic E-state index is -4.01. The fourth-order valence-electron chi connectivity index (χ4n) is 4.57. The maximum atomic E-state index is 15.1. The van der Waals surface area contributed by atoms with Crippen LogP contribution in [0.1, 0.15) is 35.1 Å². The first kappa shape index (κ1) is 23.5. The van der Waals surface area contributed by atoms with Crippen LogP contribution in [0.3, 0.4) is 0 Å². The summed E-state index contributed by atoms with van der Waals surface area (Å²) in [5, 5.41) is 4.63. The minimum absolute atomic E-state index is 0.00542. The van der Waals surface area contributed by atoms with Gasteiger partial charge in [0.05, 0.1) is 12.4 Å². The van der Waals surface area contributed by atoms with Crippen LogP contribution in [0.4, 0.5) is 10.1 Å². The predicted molar refractivity (Wildman–Crippen MR) is 127 cm³/mol. The summed E-state index contributed by atoms with van der Waals surface area (Å²) in [5.74, 6) is -0.740. The van der Waals surface area contributed by atoms with E-state index in [-0.39, 0.29) is 23.3 Å². The van der Waals surface area contributed by atoms with Gasteiger partial charge in [-0.1, -0.05) is 24.6 Å². The molecule has 0 saturated heterocycles. The maximum Gasteiger partial charge on any atom is 0.247 e. The second-order valence-corrected chi connectivity index (χ2v) is 10.8. The number of hydrazone groups is 1. The molecule has 7 nitrogen and oxygen atoms in total. The lowest BCUT2D eigenvalue weighted by Gasteiger charge is -2.41. The lowest BCUT2D eigenvalue weighted by atomic mass is 9.87. The van der Waals surface area contributed by atoms with E-state index in [0.29, 0.717) is 21.8 Å². The normalized spacial score (nSPS) is 19.4. The molecule has 0 aliphatic carbocycles. The van der Waals surface area contributed by atoms with Gasteiger partial charge in [0, 0.05) is 18.0 Å². The Morgan fingerprint density at radius 1 is 1.24 bits per heavy atom. The van der Waals surface area contributed by atoms with Gasteiger partial charge in [0.25, 0.3) is 0 Å². The molecule has 33 heavy (non-hydrogen) atoms. The van der Waals surface area contributed by atoms with Crippen molar-refractivity contribution in [3.63, 3.8) is 0 Å². The van der Waals surface area contributed by atoms with E-state index >= 15 is 4.39 Å². The van der Waals surface area contributed by atoms with Gasteiger partial charge in [-0.15, -0.1) is 5.10 Å². The summed E-state index contributed by atoms with van der Waals surface area (Å²) in [4.78, 5) is 1.95. The van der Waals surface area contributed by atoms with E-state index in [2.05, 4.69) is 17.1 Å². The third-order valence-electron chi connectivity index (χ3n) is 6.29. The fourth-order valence-corrected chi connectivity index (χ4v) is 6.91. The summed E-state index contributed by atoms with van der Waals surface area (Å²) in [6.45, 7) is 10.9. The largest absolute Gasteiger partial charge is 0.422 e. The fraction of sp³-hybridized carbons (Fsp3) is 0.348. The summed E-state index contributed by atoms with van der Waals surface area (Å²) >= 11 is 6.21. The van der Waals surface area contributed by atoms with Crippen LogP contribution < -0.4 is 10.3 Å². The molecule has 1 N–H and O–H groups in total. The summed E-state index contributed by atoms with van der Waals surface area (Å²) in [5.41, 5.74) is 5.75. The molecule has 4 rings (SSSR count). The number of rotatable bonds is 4. The minimum Gasteiger partial charge on any atom is -0.422 e. The number of hydrogen-bond donors (Lipinski definition) is 1. The van der Waals surface area contributed by atoms with Gasteiger partial charge in [0.2, 0.25) is 21.8 Å². The van der Waals surface area contributed by atoms with E-state index in [1.54, 1.807) is 44.0 Å². The van der Waals surface area contributed by atoms with Crippen LogP contribution in [0, 0.1) is 26.6 Å². The molecule has 176 valence electrons. The number of halogens is 2. The Morgan fingerprint density at radius 3 is 2.58 bits per heavy atom. The predicted octanol–water partition coefficient (Wildman–Crippen LogP) is 4.38. The van der Waals surface area contributed by atoms with Gasteiger partial charge in [0.15, 0.2) is 0 Å². The van der Waals surface area contributed by atoms with E-state index < -0.39 is 27.8 Å². The van der Waals surface area contributed by atoms with Gasteiger partial charge in [-0.2, -0.15) is 4.31 Å². The maximum absolute atomic E-state index is 15.1. The van der Waals surface area contributed by atoms with Crippen LogP contribution in [-0.4, -0.2) is 38.4 Å². The quantitative estimate of drug-likeness (QED) is 0.685. The van der Waals surface area contributed by atoms with Crippen molar-refractivity contribution in [2.24, 2.45) is 5.10 Å². The molecule has 0 saturated carbocycles. The molecule has 2 heterocycles. The number of nitrogens with zero attached hydrogens (tertiary/aromatic N) is 3. The molecule has 0 spiro atoms. The van der Waals surface area contributed by atoms with Crippen LogP contribution in [0.2, 0.25) is 5.02 Å². The van der Waals surface area contributed by atoms with Crippen molar-refractivity contribution in [2.75, 3.05) is 18.6 Å². The van der Waals surface area contributed by atoms with Crippen molar-refractivity contribution in [1.29, 1.82) is 0 Å². The molecule has 2 unspecified atom stereocenters. The molecule has 2 aliphatic rings. The summed E-state index contributed by atoms with van der Waals surface area (Å²) < 4.78 is 49.9. The van der Waals surface area contributed by atoms with Gasteiger partial charge in [-0.05, 0) is 67.8 Å². The number of fused-ring (bicyclic) bond motifs is 1. The molecule has 0 bridgehead atoms.